The molecule has 2 rings (SSSR count). The lowest BCUT2D eigenvalue weighted by Gasteiger charge is -2.22. The molecule has 0 unspecified atom stereocenters. The van der Waals surface area contributed by atoms with Gasteiger partial charge in [-0.3, -0.25) is 9.69 Å². The molecule has 0 radical (unpaired) electrons. The van der Waals surface area contributed by atoms with Gasteiger partial charge in [-0.15, -0.1) is 11.8 Å². The molecule has 1 saturated heterocycles. The largest absolute Gasteiger partial charge is 0.395 e. The Hall–Kier alpha value is -1.04. The van der Waals surface area contributed by atoms with Crippen molar-refractivity contribution in [3.05, 3.63) is 29.8 Å². The van der Waals surface area contributed by atoms with Gasteiger partial charge in [0.15, 0.2) is 0 Å². The van der Waals surface area contributed by atoms with Gasteiger partial charge in [0.05, 0.1) is 12.2 Å². The second kappa shape index (κ2) is 7.67. The van der Waals surface area contributed by atoms with Crippen molar-refractivity contribution in [1.29, 1.82) is 0 Å². The fourth-order valence-corrected chi connectivity index (χ4v) is 3.12. The number of carbonyl (C=O) groups is 1. The highest BCUT2D eigenvalue weighted by Crippen LogP contribution is 2.21. The van der Waals surface area contributed by atoms with Crippen LogP contribution in [-0.4, -0.2) is 66.4 Å². The normalized spacial score (nSPS) is 17.0. The minimum absolute atomic E-state index is 0.126. The number of hydrogen-bond donors (Lipinski definition) is 1. The third-order valence-electron chi connectivity index (χ3n) is 3.63. The van der Waals surface area contributed by atoms with Gasteiger partial charge >= 0.3 is 0 Å². The van der Waals surface area contributed by atoms with Crippen LogP contribution in [0.1, 0.15) is 16.8 Å². The maximum absolute atomic E-state index is 12.6. The van der Waals surface area contributed by atoms with Crippen molar-refractivity contribution >= 4 is 17.7 Å². The highest BCUT2D eigenvalue weighted by atomic mass is 32.2. The maximum Gasteiger partial charge on any atom is 0.255 e. The maximum atomic E-state index is 12.6. The number of amides is 1. The summed E-state index contributed by atoms with van der Waals surface area (Å²) in [5.41, 5.74) is 0.801. The van der Waals surface area contributed by atoms with Crippen LogP contribution in [0.15, 0.2) is 29.2 Å². The van der Waals surface area contributed by atoms with Gasteiger partial charge in [-0.1, -0.05) is 12.1 Å². The van der Waals surface area contributed by atoms with E-state index in [2.05, 4.69) is 4.90 Å². The van der Waals surface area contributed by atoms with Crippen molar-refractivity contribution in [2.45, 2.75) is 11.3 Å². The zero-order chi connectivity index (χ0) is 14.4. The Morgan fingerprint density at radius 1 is 1.25 bits per heavy atom. The highest BCUT2D eigenvalue weighted by Gasteiger charge is 2.21. The molecule has 1 aromatic carbocycles. The molecule has 0 aromatic heterocycles. The summed E-state index contributed by atoms with van der Waals surface area (Å²) in [6.45, 7) is 4.21. The summed E-state index contributed by atoms with van der Waals surface area (Å²) in [4.78, 5) is 17.8. The first-order valence-electron chi connectivity index (χ1n) is 7.01. The molecule has 1 fully saturated rings. The fraction of sp³-hybridized carbons (Fsp3) is 0.533. The zero-order valence-corrected chi connectivity index (χ0v) is 12.7. The van der Waals surface area contributed by atoms with Gasteiger partial charge in [0, 0.05) is 31.1 Å². The molecule has 0 aliphatic carbocycles. The van der Waals surface area contributed by atoms with E-state index < -0.39 is 0 Å². The van der Waals surface area contributed by atoms with Gasteiger partial charge in [-0.2, -0.15) is 0 Å². The number of benzene rings is 1. The Kier molecular flexibility index (Phi) is 5.88. The van der Waals surface area contributed by atoms with Crippen LogP contribution in [0.3, 0.4) is 0 Å². The van der Waals surface area contributed by atoms with Gasteiger partial charge in [-0.05, 0) is 31.4 Å². The number of rotatable bonds is 4. The standard InChI is InChI=1S/C15H22N2O2S/c1-20-14-6-3-2-5-13(14)15(19)17-8-4-7-16(9-10-17)11-12-18/h2-3,5-6,18H,4,7-12H2,1H3. The Labute approximate surface area is 124 Å². The van der Waals surface area contributed by atoms with Gasteiger partial charge < -0.3 is 10.0 Å². The van der Waals surface area contributed by atoms with Gasteiger partial charge in [0.2, 0.25) is 0 Å². The second-order valence-electron chi connectivity index (χ2n) is 4.91. The summed E-state index contributed by atoms with van der Waals surface area (Å²) in [5.74, 6) is 0.126. The SMILES string of the molecule is CSc1ccccc1C(=O)N1CCCN(CCO)CC1. The van der Waals surface area contributed by atoms with Crippen molar-refractivity contribution in [3.63, 3.8) is 0 Å². The molecule has 1 amide bonds. The Balaban J connectivity index is 2.05. The molecular weight excluding hydrogens is 272 g/mol. The summed E-state index contributed by atoms with van der Waals surface area (Å²) in [7, 11) is 0. The topological polar surface area (TPSA) is 43.8 Å². The predicted octanol–water partition coefficient (Wildman–Crippen LogP) is 1.55. The number of thioether (sulfide) groups is 1. The summed E-state index contributed by atoms with van der Waals surface area (Å²) in [6.07, 6.45) is 2.96. The number of aliphatic hydroxyl groups is 1. The Bertz CT molecular complexity index is 453. The summed E-state index contributed by atoms with van der Waals surface area (Å²) < 4.78 is 0. The summed E-state index contributed by atoms with van der Waals surface area (Å²) in [5, 5.41) is 9.01. The molecule has 20 heavy (non-hydrogen) atoms. The predicted molar refractivity (Wildman–Crippen MR) is 82.3 cm³/mol. The molecule has 1 aliphatic heterocycles. The number of nitrogens with zero attached hydrogens (tertiary/aromatic N) is 2. The minimum atomic E-state index is 0.126. The second-order valence-corrected chi connectivity index (χ2v) is 5.76. The lowest BCUT2D eigenvalue weighted by Crippen LogP contribution is -2.36. The monoisotopic (exact) mass is 294 g/mol. The van der Waals surface area contributed by atoms with Gasteiger partial charge in [0.25, 0.3) is 5.91 Å². The van der Waals surface area contributed by atoms with E-state index in [1.54, 1.807) is 11.8 Å². The molecule has 1 heterocycles. The van der Waals surface area contributed by atoms with Crippen molar-refractivity contribution in [3.8, 4) is 0 Å². The molecule has 0 atom stereocenters. The van der Waals surface area contributed by atoms with E-state index in [0.29, 0.717) is 6.54 Å². The third kappa shape index (κ3) is 3.75. The molecule has 0 spiro atoms. The third-order valence-corrected chi connectivity index (χ3v) is 4.43. The van der Waals surface area contributed by atoms with Crippen molar-refractivity contribution in [2.24, 2.45) is 0 Å². The van der Waals surface area contributed by atoms with Crippen LogP contribution in [0.2, 0.25) is 0 Å². The smallest absolute Gasteiger partial charge is 0.255 e. The molecule has 1 aliphatic rings. The van der Waals surface area contributed by atoms with E-state index in [0.717, 1.165) is 43.1 Å². The number of carbonyl (C=O) groups excluding carboxylic acids is 1. The zero-order valence-electron chi connectivity index (χ0n) is 11.9. The van der Waals surface area contributed by atoms with Crippen molar-refractivity contribution in [2.75, 3.05) is 45.6 Å². The average molecular weight is 294 g/mol. The van der Waals surface area contributed by atoms with Crippen LogP contribution < -0.4 is 0 Å². The minimum Gasteiger partial charge on any atom is -0.395 e. The quantitative estimate of drug-likeness (QED) is 0.856. The highest BCUT2D eigenvalue weighted by molar-refractivity contribution is 7.98. The van der Waals surface area contributed by atoms with Crippen LogP contribution in [-0.2, 0) is 0 Å². The number of β-amino-alcohol motifs (C(OH)–C–C–N with tert-alkyl or cyclic N) is 1. The van der Waals surface area contributed by atoms with Crippen molar-refractivity contribution < 1.29 is 9.90 Å². The molecule has 4 nitrogen and oxygen atoms in total. The average Bonchev–Trinajstić information content (AvgIpc) is 2.72. The van der Waals surface area contributed by atoms with Gasteiger partial charge in [-0.25, -0.2) is 0 Å². The van der Waals surface area contributed by atoms with Crippen LogP contribution in [0.25, 0.3) is 0 Å². The molecule has 1 aromatic rings. The molecular formula is C15H22N2O2S. The van der Waals surface area contributed by atoms with E-state index in [1.807, 2.05) is 35.4 Å². The van der Waals surface area contributed by atoms with Crippen LogP contribution >= 0.6 is 11.8 Å². The van der Waals surface area contributed by atoms with E-state index in [4.69, 9.17) is 5.11 Å². The molecule has 110 valence electrons. The van der Waals surface area contributed by atoms with Crippen molar-refractivity contribution in [1.82, 2.24) is 9.80 Å². The molecule has 0 saturated carbocycles. The van der Waals surface area contributed by atoms with Gasteiger partial charge in [0.1, 0.15) is 0 Å². The molecule has 5 heteroatoms. The number of hydrogen-bond acceptors (Lipinski definition) is 4. The van der Waals surface area contributed by atoms with E-state index in [1.165, 1.54) is 0 Å². The summed E-state index contributed by atoms with van der Waals surface area (Å²) in [6, 6.07) is 7.79. The molecule has 0 bridgehead atoms. The van der Waals surface area contributed by atoms with E-state index in [9.17, 15) is 4.79 Å². The van der Waals surface area contributed by atoms with Crippen LogP contribution in [0.5, 0.6) is 0 Å². The molecule has 1 N–H and O–H groups in total. The Morgan fingerprint density at radius 3 is 2.80 bits per heavy atom. The lowest BCUT2D eigenvalue weighted by molar-refractivity contribution is 0.0757. The van der Waals surface area contributed by atoms with E-state index in [-0.39, 0.29) is 12.5 Å². The van der Waals surface area contributed by atoms with E-state index >= 15 is 0 Å². The van der Waals surface area contributed by atoms with Crippen LogP contribution in [0.4, 0.5) is 0 Å². The first-order chi connectivity index (χ1) is 9.76. The first kappa shape index (κ1) is 15.4. The lowest BCUT2D eigenvalue weighted by atomic mass is 10.2. The van der Waals surface area contributed by atoms with Crippen LogP contribution in [0, 0.1) is 0 Å². The Morgan fingerprint density at radius 2 is 2.05 bits per heavy atom. The first-order valence-corrected chi connectivity index (χ1v) is 8.24. The summed E-state index contributed by atoms with van der Waals surface area (Å²) >= 11 is 1.61. The fourth-order valence-electron chi connectivity index (χ4n) is 2.53. The number of aliphatic hydroxyl groups excluding tert-OH is 1.